The van der Waals surface area contributed by atoms with Gasteiger partial charge < -0.3 is 4.74 Å². The van der Waals surface area contributed by atoms with Crippen LogP contribution in [-0.4, -0.2) is 19.8 Å². The fourth-order valence-corrected chi connectivity index (χ4v) is 4.84. The van der Waals surface area contributed by atoms with E-state index in [1.54, 1.807) is 30.3 Å². The zero-order valence-electron chi connectivity index (χ0n) is 13.1. The molecule has 3 atom stereocenters. The Bertz CT molecular complexity index is 779. The molecule has 120 valence electrons. The summed E-state index contributed by atoms with van der Waals surface area (Å²) in [5.41, 5.74) is 2.03. The SMILES string of the molecule is C=C[C@H]1C[C@@H](S(=O)(=O)c2ccccc2)[C@H](c2ccc(C)cc2)O1. The highest BCUT2D eigenvalue weighted by Crippen LogP contribution is 2.40. The Kier molecular flexibility index (Phi) is 4.37. The lowest BCUT2D eigenvalue weighted by atomic mass is 10.0. The fourth-order valence-electron chi connectivity index (χ4n) is 2.96. The Morgan fingerprint density at radius 1 is 1.09 bits per heavy atom. The van der Waals surface area contributed by atoms with Gasteiger partial charge in [-0.3, -0.25) is 0 Å². The maximum Gasteiger partial charge on any atom is 0.184 e. The van der Waals surface area contributed by atoms with E-state index in [9.17, 15) is 8.42 Å². The molecular formula is C19H20O3S. The van der Waals surface area contributed by atoms with Crippen molar-refractivity contribution < 1.29 is 13.2 Å². The average Bonchev–Trinajstić information content (AvgIpc) is 3.01. The topological polar surface area (TPSA) is 43.4 Å². The Morgan fingerprint density at radius 2 is 1.74 bits per heavy atom. The summed E-state index contributed by atoms with van der Waals surface area (Å²) in [4.78, 5) is 0.343. The second-order valence-electron chi connectivity index (χ2n) is 5.87. The van der Waals surface area contributed by atoms with Gasteiger partial charge in [0.2, 0.25) is 0 Å². The molecule has 0 bridgehead atoms. The summed E-state index contributed by atoms with van der Waals surface area (Å²) < 4.78 is 32.0. The Morgan fingerprint density at radius 3 is 2.35 bits per heavy atom. The number of hydrogen-bond donors (Lipinski definition) is 0. The molecule has 3 rings (SSSR count). The van der Waals surface area contributed by atoms with Gasteiger partial charge in [-0.15, -0.1) is 6.58 Å². The molecule has 1 fully saturated rings. The highest BCUT2D eigenvalue weighted by molar-refractivity contribution is 7.92. The van der Waals surface area contributed by atoms with Crippen molar-refractivity contribution in [1.29, 1.82) is 0 Å². The molecule has 0 amide bonds. The molecule has 0 unspecified atom stereocenters. The summed E-state index contributed by atoms with van der Waals surface area (Å²) in [6.45, 7) is 5.76. The molecule has 4 heteroatoms. The minimum Gasteiger partial charge on any atom is -0.365 e. The monoisotopic (exact) mass is 328 g/mol. The minimum atomic E-state index is -3.46. The maximum atomic E-state index is 13.0. The van der Waals surface area contributed by atoms with Gasteiger partial charge in [-0.2, -0.15) is 0 Å². The number of benzene rings is 2. The number of hydrogen-bond acceptors (Lipinski definition) is 3. The summed E-state index contributed by atoms with van der Waals surface area (Å²) in [7, 11) is -3.46. The molecule has 0 N–H and O–H groups in total. The third-order valence-corrected chi connectivity index (χ3v) is 6.43. The highest BCUT2D eigenvalue weighted by atomic mass is 32.2. The predicted octanol–water partition coefficient (Wildman–Crippen LogP) is 3.85. The molecule has 2 aromatic rings. The van der Waals surface area contributed by atoms with Crippen molar-refractivity contribution in [3.05, 3.63) is 78.4 Å². The van der Waals surface area contributed by atoms with Crippen LogP contribution in [-0.2, 0) is 14.6 Å². The van der Waals surface area contributed by atoms with Gasteiger partial charge in [-0.25, -0.2) is 8.42 Å². The number of rotatable bonds is 4. The van der Waals surface area contributed by atoms with Crippen LogP contribution in [0.2, 0.25) is 0 Å². The van der Waals surface area contributed by atoms with Gasteiger partial charge >= 0.3 is 0 Å². The van der Waals surface area contributed by atoms with Crippen LogP contribution in [0.15, 0.2) is 72.1 Å². The van der Waals surface area contributed by atoms with E-state index in [0.29, 0.717) is 11.3 Å². The van der Waals surface area contributed by atoms with Crippen molar-refractivity contribution in [3.8, 4) is 0 Å². The van der Waals surface area contributed by atoms with E-state index in [-0.39, 0.29) is 6.10 Å². The third kappa shape index (κ3) is 3.09. The van der Waals surface area contributed by atoms with Gasteiger partial charge in [-0.05, 0) is 31.0 Å². The van der Waals surface area contributed by atoms with Gasteiger partial charge in [0, 0.05) is 0 Å². The van der Waals surface area contributed by atoms with Crippen molar-refractivity contribution in [2.45, 2.75) is 35.7 Å². The Labute approximate surface area is 137 Å². The fraction of sp³-hybridized carbons (Fsp3) is 0.263. The van der Waals surface area contributed by atoms with Crippen LogP contribution in [0, 0.1) is 6.92 Å². The molecule has 23 heavy (non-hydrogen) atoms. The van der Waals surface area contributed by atoms with E-state index < -0.39 is 21.2 Å². The van der Waals surface area contributed by atoms with Crippen LogP contribution in [0.1, 0.15) is 23.7 Å². The molecule has 3 nitrogen and oxygen atoms in total. The molecule has 1 saturated heterocycles. The zero-order valence-corrected chi connectivity index (χ0v) is 13.9. The van der Waals surface area contributed by atoms with Crippen molar-refractivity contribution in [1.82, 2.24) is 0 Å². The largest absolute Gasteiger partial charge is 0.365 e. The first-order valence-corrected chi connectivity index (χ1v) is 9.20. The summed E-state index contributed by atoms with van der Waals surface area (Å²) in [5, 5.41) is -0.601. The second-order valence-corrected chi connectivity index (χ2v) is 8.04. The number of ether oxygens (including phenoxy) is 1. The molecule has 0 spiro atoms. The van der Waals surface area contributed by atoms with Gasteiger partial charge in [0.15, 0.2) is 9.84 Å². The Balaban J connectivity index is 2.01. The molecule has 0 aromatic heterocycles. The molecule has 1 aliphatic rings. The lowest BCUT2D eigenvalue weighted by molar-refractivity contribution is 0.0720. The zero-order chi connectivity index (χ0) is 16.4. The number of sulfone groups is 1. The molecule has 2 aromatic carbocycles. The normalized spacial score (nSPS) is 24.5. The molecule has 0 aliphatic carbocycles. The van der Waals surface area contributed by atoms with Crippen LogP contribution in [0.5, 0.6) is 0 Å². The lowest BCUT2D eigenvalue weighted by Gasteiger charge is -2.19. The van der Waals surface area contributed by atoms with Gasteiger partial charge in [0.25, 0.3) is 0 Å². The maximum absolute atomic E-state index is 13.0. The summed E-state index contributed by atoms with van der Waals surface area (Å²) in [6, 6.07) is 16.4. The van der Waals surface area contributed by atoms with Crippen LogP contribution in [0.25, 0.3) is 0 Å². The van der Waals surface area contributed by atoms with E-state index in [4.69, 9.17) is 4.74 Å². The first-order chi connectivity index (χ1) is 11.0. The smallest absolute Gasteiger partial charge is 0.184 e. The first-order valence-electron chi connectivity index (χ1n) is 7.66. The highest BCUT2D eigenvalue weighted by Gasteiger charge is 2.43. The van der Waals surface area contributed by atoms with Crippen LogP contribution in [0.3, 0.4) is 0 Å². The molecular weight excluding hydrogens is 308 g/mol. The van der Waals surface area contributed by atoms with Crippen LogP contribution in [0.4, 0.5) is 0 Å². The predicted molar refractivity (Wildman–Crippen MR) is 91.0 cm³/mol. The van der Waals surface area contributed by atoms with E-state index in [1.807, 2.05) is 37.3 Å². The van der Waals surface area contributed by atoms with E-state index in [1.165, 1.54) is 0 Å². The van der Waals surface area contributed by atoms with Crippen LogP contribution >= 0.6 is 0 Å². The van der Waals surface area contributed by atoms with Crippen LogP contribution < -0.4 is 0 Å². The number of aryl methyl sites for hydroxylation is 1. The second kappa shape index (κ2) is 6.30. The average molecular weight is 328 g/mol. The summed E-state index contributed by atoms with van der Waals surface area (Å²) in [6.07, 6.45) is 1.40. The lowest BCUT2D eigenvalue weighted by Crippen LogP contribution is -2.25. The first kappa shape index (κ1) is 16.0. The standard InChI is InChI=1S/C19H20O3S/c1-3-16-13-18(23(20,21)17-7-5-4-6-8-17)19(22-16)15-11-9-14(2)10-12-15/h3-12,16,18-19H,1,13H2,2H3/t16-,18+,19-/m0/s1. The third-order valence-electron chi connectivity index (χ3n) is 4.26. The van der Waals surface area contributed by atoms with E-state index in [0.717, 1.165) is 11.1 Å². The Hall–Kier alpha value is -1.91. The molecule has 0 radical (unpaired) electrons. The van der Waals surface area contributed by atoms with E-state index >= 15 is 0 Å². The van der Waals surface area contributed by atoms with Gasteiger partial charge in [-0.1, -0.05) is 54.1 Å². The van der Waals surface area contributed by atoms with Crippen molar-refractivity contribution in [2.75, 3.05) is 0 Å². The van der Waals surface area contributed by atoms with Crippen molar-refractivity contribution >= 4 is 9.84 Å². The van der Waals surface area contributed by atoms with Gasteiger partial charge in [0.1, 0.15) is 6.10 Å². The summed E-state index contributed by atoms with van der Waals surface area (Å²) in [5.74, 6) is 0. The van der Waals surface area contributed by atoms with Crippen molar-refractivity contribution in [3.63, 3.8) is 0 Å². The van der Waals surface area contributed by atoms with E-state index in [2.05, 4.69) is 6.58 Å². The quantitative estimate of drug-likeness (QED) is 0.801. The molecule has 1 aliphatic heterocycles. The molecule has 0 saturated carbocycles. The summed E-state index contributed by atoms with van der Waals surface area (Å²) >= 11 is 0. The minimum absolute atomic E-state index is 0.246. The van der Waals surface area contributed by atoms with Crippen molar-refractivity contribution in [2.24, 2.45) is 0 Å². The van der Waals surface area contributed by atoms with Gasteiger partial charge in [0.05, 0.1) is 16.2 Å². The molecule has 1 heterocycles.